The van der Waals surface area contributed by atoms with Crippen LogP contribution in [0.5, 0.6) is 0 Å². The molecular formula is C17H25N3O3. The van der Waals surface area contributed by atoms with Crippen LogP contribution in [0.3, 0.4) is 0 Å². The second kappa shape index (κ2) is 6.19. The molecule has 3 N–H and O–H groups in total. The summed E-state index contributed by atoms with van der Waals surface area (Å²) in [7, 11) is 0. The van der Waals surface area contributed by atoms with Gasteiger partial charge >= 0.3 is 0 Å². The number of amides is 1. The van der Waals surface area contributed by atoms with Gasteiger partial charge in [0.25, 0.3) is 5.91 Å². The number of ether oxygens (including phenoxy) is 1. The van der Waals surface area contributed by atoms with E-state index in [0.29, 0.717) is 18.7 Å². The molecule has 2 fully saturated rings. The van der Waals surface area contributed by atoms with Gasteiger partial charge in [-0.3, -0.25) is 4.79 Å². The maximum absolute atomic E-state index is 12.5. The zero-order chi connectivity index (χ0) is 16.5. The third kappa shape index (κ3) is 3.11. The average molecular weight is 319 g/mol. The summed E-state index contributed by atoms with van der Waals surface area (Å²) in [6.07, 6.45) is 1.35. The minimum atomic E-state index is -0.736. The zero-order valence-corrected chi connectivity index (χ0v) is 13.8. The van der Waals surface area contributed by atoms with Gasteiger partial charge in [-0.1, -0.05) is 6.07 Å². The van der Waals surface area contributed by atoms with Crippen LogP contribution in [0, 0.1) is 6.92 Å². The number of hydrogen-bond acceptors (Lipinski definition) is 5. The third-order valence-corrected chi connectivity index (χ3v) is 5.08. The fourth-order valence-electron chi connectivity index (χ4n) is 3.65. The first-order chi connectivity index (χ1) is 11.0. The fraction of sp³-hybridized carbons (Fsp3) is 0.647. The minimum Gasteiger partial charge on any atom is -0.388 e. The Morgan fingerprint density at radius 3 is 2.83 bits per heavy atom. The molecule has 6 nitrogen and oxygen atoms in total. The van der Waals surface area contributed by atoms with E-state index in [9.17, 15) is 9.90 Å². The lowest BCUT2D eigenvalue weighted by Gasteiger charge is -2.52. The van der Waals surface area contributed by atoms with Crippen molar-refractivity contribution in [1.29, 1.82) is 0 Å². The highest BCUT2D eigenvalue weighted by Crippen LogP contribution is 2.38. The maximum atomic E-state index is 12.5. The largest absolute Gasteiger partial charge is 0.388 e. The molecule has 1 spiro atoms. The van der Waals surface area contributed by atoms with Crippen LogP contribution in [0.2, 0.25) is 0 Å². The van der Waals surface area contributed by atoms with E-state index in [1.54, 1.807) is 6.07 Å². The lowest BCUT2D eigenvalue weighted by atomic mass is 9.73. The summed E-state index contributed by atoms with van der Waals surface area (Å²) >= 11 is 0. The molecular weight excluding hydrogens is 294 g/mol. The Kier molecular flexibility index (Phi) is 4.40. The topological polar surface area (TPSA) is 83.5 Å². The van der Waals surface area contributed by atoms with Gasteiger partial charge in [-0.15, -0.1) is 0 Å². The number of rotatable bonds is 2. The first-order valence-corrected chi connectivity index (χ1v) is 8.24. The van der Waals surface area contributed by atoms with Crippen molar-refractivity contribution >= 4 is 5.91 Å². The van der Waals surface area contributed by atoms with Crippen LogP contribution in [0.4, 0.5) is 0 Å². The van der Waals surface area contributed by atoms with Gasteiger partial charge in [-0.2, -0.15) is 0 Å². The van der Waals surface area contributed by atoms with Crippen LogP contribution in [0.25, 0.3) is 0 Å². The number of aromatic nitrogens is 1. The Labute approximate surface area is 136 Å². The number of aliphatic hydroxyl groups is 1. The molecule has 3 heterocycles. The summed E-state index contributed by atoms with van der Waals surface area (Å²) in [4.78, 5) is 16.8. The third-order valence-electron chi connectivity index (χ3n) is 5.08. The molecule has 126 valence electrons. The van der Waals surface area contributed by atoms with Crippen LogP contribution in [-0.4, -0.2) is 52.9 Å². The minimum absolute atomic E-state index is 0.249. The van der Waals surface area contributed by atoms with Gasteiger partial charge < -0.3 is 20.5 Å². The van der Waals surface area contributed by atoms with Gasteiger partial charge in [-0.05, 0) is 58.3 Å². The van der Waals surface area contributed by atoms with Gasteiger partial charge in [-0.25, -0.2) is 4.98 Å². The Hall–Kier alpha value is -1.50. The molecule has 0 aromatic carbocycles. The van der Waals surface area contributed by atoms with E-state index in [-0.39, 0.29) is 5.91 Å². The SMILES string of the molecule is Cc1cccc(C(=O)N[C@]2(C)CCOC3(CCNCC3)[C@H]2O)n1. The molecule has 0 aliphatic carbocycles. The number of carbonyl (C=O) groups excluding carboxylic acids is 1. The van der Waals surface area contributed by atoms with E-state index in [1.165, 1.54) is 0 Å². The summed E-state index contributed by atoms with van der Waals surface area (Å²) in [5, 5.41) is 17.3. The number of nitrogens with zero attached hydrogens (tertiary/aromatic N) is 1. The summed E-state index contributed by atoms with van der Waals surface area (Å²) in [6.45, 7) is 5.93. The highest BCUT2D eigenvalue weighted by Gasteiger charge is 2.53. The predicted octanol–water partition coefficient (Wildman–Crippen LogP) is 0.782. The standard InChI is InChI=1S/C17H25N3O3/c1-12-4-3-5-13(19-12)14(21)20-16(2)8-11-23-17(15(16)22)6-9-18-10-7-17/h3-5,15,18,22H,6-11H2,1-2H3,(H,20,21)/t15-,16+/m0/s1. The first kappa shape index (κ1) is 16.4. The van der Waals surface area contributed by atoms with Gasteiger partial charge in [0.2, 0.25) is 0 Å². The van der Waals surface area contributed by atoms with Crippen LogP contribution >= 0.6 is 0 Å². The maximum Gasteiger partial charge on any atom is 0.270 e. The van der Waals surface area contributed by atoms with Crippen molar-refractivity contribution in [3.8, 4) is 0 Å². The number of pyridine rings is 1. The Bertz CT molecular complexity index is 581. The number of nitrogens with one attached hydrogen (secondary N) is 2. The zero-order valence-electron chi connectivity index (χ0n) is 13.8. The van der Waals surface area contributed by atoms with Crippen molar-refractivity contribution < 1.29 is 14.6 Å². The Balaban J connectivity index is 1.78. The van der Waals surface area contributed by atoms with E-state index in [4.69, 9.17) is 4.74 Å². The number of hydrogen-bond donors (Lipinski definition) is 3. The number of piperidine rings is 1. The van der Waals surface area contributed by atoms with E-state index in [0.717, 1.165) is 31.6 Å². The van der Waals surface area contributed by atoms with Crippen molar-refractivity contribution in [2.75, 3.05) is 19.7 Å². The molecule has 23 heavy (non-hydrogen) atoms. The van der Waals surface area contributed by atoms with Crippen LogP contribution in [0.15, 0.2) is 18.2 Å². The molecule has 0 radical (unpaired) electrons. The first-order valence-electron chi connectivity index (χ1n) is 8.24. The molecule has 2 saturated heterocycles. The average Bonchev–Trinajstić information content (AvgIpc) is 2.54. The molecule has 6 heteroatoms. The molecule has 2 atom stereocenters. The lowest BCUT2D eigenvalue weighted by molar-refractivity contribution is -0.197. The van der Waals surface area contributed by atoms with E-state index < -0.39 is 17.2 Å². The van der Waals surface area contributed by atoms with E-state index >= 15 is 0 Å². The Morgan fingerprint density at radius 2 is 2.13 bits per heavy atom. The predicted molar refractivity (Wildman–Crippen MR) is 86.3 cm³/mol. The van der Waals surface area contributed by atoms with Crippen molar-refractivity contribution in [3.63, 3.8) is 0 Å². The lowest BCUT2D eigenvalue weighted by Crippen LogP contribution is -2.69. The van der Waals surface area contributed by atoms with Crippen molar-refractivity contribution in [3.05, 3.63) is 29.6 Å². The molecule has 1 aromatic rings. The number of aryl methyl sites for hydroxylation is 1. The monoisotopic (exact) mass is 319 g/mol. The molecule has 0 unspecified atom stereocenters. The van der Waals surface area contributed by atoms with E-state index in [2.05, 4.69) is 15.6 Å². The molecule has 0 saturated carbocycles. The summed E-state index contributed by atoms with van der Waals surface area (Å²) in [5.41, 5.74) is -0.0987. The normalized spacial score (nSPS) is 30.1. The molecule has 3 rings (SSSR count). The van der Waals surface area contributed by atoms with Gasteiger partial charge in [0.15, 0.2) is 0 Å². The molecule has 0 bridgehead atoms. The van der Waals surface area contributed by atoms with Crippen molar-refractivity contribution in [1.82, 2.24) is 15.6 Å². The van der Waals surface area contributed by atoms with Crippen molar-refractivity contribution in [2.45, 2.75) is 50.4 Å². The fourth-order valence-corrected chi connectivity index (χ4v) is 3.65. The highest BCUT2D eigenvalue weighted by atomic mass is 16.5. The molecule has 2 aliphatic heterocycles. The number of carbonyl (C=O) groups is 1. The van der Waals surface area contributed by atoms with Crippen molar-refractivity contribution in [2.24, 2.45) is 0 Å². The van der Waals surface area contributed by atoms with E-state index in [1.807, 2.05) is 26.0 Å². The van der Waals surface area contributed by atoms with Crippen LogP contribution in [-0.2, 0) is 4.74 Å². The van der Waals surface area contributed by atoms with Crippen LogP contribution < -0.4 is 10.6 Å². The summed E-state index contributed by atoms with van der Waals surface area (Å²) in [5.74, 6) is -0.249. The smallest absolute Gasteiger partial charge is 0.270 e. The second-order valence-corrected chi connectivity index (χ2v) is 6.85. The van der Waals surface area contributed by atoms with Gasteiger partial charge in [0.1, 0.15) is 11.8 Å². The summed E-state index contributed by atoms with van der Waals surface area (Å²) in [6, 6.07) is 5.36. The van der Waals surface area contributed by atoms with Crippen LogP contribution in [0.1, 0.15) is 42.4 Å². The van der Waals surface area contributed by atoms with Gasteiger partial charge in [0.05, 0.1) is 11.1 Å². The highest BCUT2D eigenvalue weighted by molar-refractivity contribution is 5.92. The summed E-state index contributed by atoms with van der Waals surface area (Å²) < 4.78 is 5.96. The second-order valence-electron chi connectivity index (χ2n) is 6.85. The molecule has 1 amide bonds. The molecule has 1 aromatic heterocycles. The van der Waals surface area contributed by atoms with Gasteiger partial charge in [0, 0.05) is 12.3 Å². The quantitative estimate of drug-likeness (QED) is 0.750. The number of aliphatic hydroxyl groups excluding tert-OH is 1. The Morgan fingerprint density at radius 1 is 1.39 bits per heavy atom. The molecule has 2 aliphatic rings.